The molecule has 1 fully saturated rings. The van der Waals surface area contributed by atoms with E-state index < -0.39 is 17.7 Å². The molecule has 182 valence electrons. The maximum Gasteiger partial charge on any atom is 0.301 e. The largest absolute Gasteiger partial charge is 0.507 e. The van der Waals surface area contributed by atoms with Gasteiger partial charge in [-0.15, -0.1) is 0 Å². The van der Waals surface area contributed by atoms with E-state index in [4.69, 9.17) is 23.5 Å². The molecule has 0 unspecified atom stereocenters. The zero-order valence-electron chi connectivity index (χ0n) is 19.8. The van der Waals surface area contributed by atoms with Gasteiger partial charge in [0.15, 0.2) is 28.8 Å². The molecule has 0 aliphatic carbocycles. The summed E-state index contributed by atoms with van der Waals surface area (Å²) in [5.41, 5.74) is 0.627. The molecule has 10 nitrogen and oxygen atoms in total. The Morgan fingerprint density at radius 2 is 1.49 bits per heavy atom. The number of amides is 1. The Kier molecular flexibility index (Phi) is 6.37. The molecule has 1 atom stereocenters. The van der Waals surface area contributed by atoms with Gasteiger partial charge in [0, 0.05) is 11.6 Å². The topological polar surface area (TPSA) is 121 Å². The Hall–Kier alpha value is -4.47. The van der Waals surface area contributed by atoms with E-state index in [1.54, 1.807) is 37.3 Å². The number of aliphatic hydroxyl groups excluding tert-OH is 1. The van der Waals surface area contributed by atoms with Crippen LogP contribution in [0.25, 0.3) is 5.76 Å². The van der Waals surface area contributed by atoms with Crippen molar-refractivity contribution < 1.29 is 38.2 Å². The maximum atomic E-state index is 13.3. The Labute approximate surface area is 201 Å². The van der Waals surface area contributed by atoms with Gasteiger partial charge < -0.3 is 28.6 Å². The first-order valence-corrected chi connectivity index (χ1v) is 10.5. The average molecular weight is 480 g/mol. The van der Waals surface area contributed by atoms with Gasteiger partial charge >= 0.3 is 5.91 Å². The molecular weight excluding hydrogens is 456 g/mol. The second-order valence-electron chi connectivity index (χ2n) is 7.65. The van der Waals surface area contributed by atoms with E-state index in [1.807, 2.05) is 0 Å². The highest BCUT2D eigenvalue weighted by Crippen LogP contribution is 2.44. The first-order chi connectivity index (χ1) is 16.8. The van der Waals surface area contributed by atoms with Crippen LogP contribution in [-0.4, -0.2) is 50.4 Å². The predicted octanol–water partition coefficient (Wildman–Crippen LogP) is 3.64. The number of aliphatic hydroxyl groups is 1. The molecule has 3 aromatic rings. The van der Waals surface area contributed by atoms with Gasteiger partial charge in [-0.3, -0.25) is 14.5 Å². The number of aryl methyl sites for hydroxylation is 1. The highest BCUT2D eigenvalue weighted by atomic mass is 16.5. The smallest absolute Gasteiger partial charge is 0.301 e. The fraction of sp³-hybridized carbons (Fsp3) is 0.240. The van der Waals surface area contributed by atoms with Crippen molar-refractivity contribution in [1.29, 1.82) is 0 Å². The molecule has 4 rings (SSSR count). The molecule has 35 heavy (non-hydrogen) atoms. The third-order valence-electron chi connectivity index (χ3n) is 5.69. The Morgan fingerprint density at radius 1 is 0.886 bits per heavy atom. The van der Waals surface area contributed by atoms with E-state index >= 15 is 0 Å². The lowest BCUT2D eigenvalue weighted by molar-refractivity contribution is -0.132. The maximum absolute atomic E-state index is 13.3. The highest BCUT2D eigenvalue weighted by Gasteiger charge is 2.48. The van der Waals surface area contributed by atoms with E-state index in [1.165, 1.54) is 45.5 Å². The number of hydrogen-bond acceptors (Lipinski definition) is 9. The lowest BCUT2D eigenvalue weighted by atomic mass is 9.95. The standard InChI is InChI=1S/C25H24N2O8/c1-13-10-20(26-35-13)27-22(14-6-8-16(31-2)18(11-14)33-4)21(24(29)25(27)30)23(28)15-7-9-17(32-3)19(12-15)34-5/h6-12,22,28H,1-5H3/t22-/m0/s1. The summed E-state index contributed by atoms with van der Waals surface area (Å²) in [7, 11) is 5.92. The number of hydrogen-bond donors (Lipinski definition) is 1. The third kappa shape index (κ3) is 4.03. The van der Waals surface area contributed by atoms with Crippen LogP contribution in [0.5, 0.6) is 23.0 Å². The van der Waals surface area contributed by atoms with E-state index in [-0.39, 0.29) is 22.7 Å². The first kappa shape index (κ1) is 23.7. The number of benzene rings is 2. The van der Waals surface area contributed by atoms with E-state index in [0.717, 1.165) is 0 Å². The molecule has 0 bridgehead atoms. The van der Waals surface area contributed by atoms with Crippen LogP contribution in [-0.2, 0) is 9.59 Å². The summed E-state index contributed by atoms with van der Waals surface area (Å²) < 4.78 is 26.5. The molecule has 1 amide bonds. The zero-order valence-corrected chi connectivity index (χ0v) is 19.8. The molecule has 1 aliphatic heterocycles. The first-order valence-electron chi connectivity index (χ1n) is 10.5. The van der Waals surface area contributed by atoms with Gasteiger partial charge in [-0.1, -0.05) is 11.2 Å². The number of carbonyl (C=O) groups is 2. The predicted molar refractivity (Wildman–Crippen MR) is 125 cm³/mol. The van der Waals surface area contributed by atoms with E-state index in [9.17, 15) is 14.7 Å². The molecule has 0 saturated carbocycles. The monoisotopic (exact) mass is 480 g/mol. The molecule has 1 saturated heterocycles. The number of ether oxygens (including phenoxy) is 4. The van der Waals surface area contributed by atoms with Crippen LogP contribution in [0.15, 0.2) is 52.6 Å². The molecule has 1 N–H and O–H groups in total. The third-order valence-corrected chi connectivity index (χ3v) is 5.69. The van der Waals surface area contributed by atoms with Crippen LogP contribution in [0.2, 0.25) is 0 Å². The van der Waals surface area contributed by atoms with Crippen molar-refractivity contribution in [2.45, 2.75) is 13.0 Å². The molecule has 2 heterocycles. The normalized spacial score (nSPS) is 16.9. The van der Waals surface area contributed by atoms with Crippen molar-refractivity contribution in [2.24, 2.45) is 0 Å². The van der Waals surface area contributed by atoms with Crippen LogP contribution in [0.4, 0.5) is 5.82 Å². The Bertz CT molecular complexity index is 1330. The van der Waals surface area contributed by atoms with Gasteiger partial charge in [-0.05, 0) is 42.8 Å². The van der Waals surface area contributed by atoms with Crippen LogP contribution in [0.3, 0.4) is 0 Å². The molecule has 0 spiro atoms. The van der Waals surface area contributed by atoms with Crippen molar-refractivity contribution in [3.63, 3.8) is 0 Å². The second kappa shape index (κ2) is 9.41. The van der Waals surface area contributed by atoms with Crippen LogP contribution >= 0.6 is 0 Å². The molecule has 1 aromatic heterocycles. The van der Waals surface area contributed by atoms with Gasteiger partial charge in [-0.2, -0.15) is 0 Å². The quantitative estimate of drug-likeness (QED) is 0.307. The summed E-state index contributed by atoms with van der Waals surface area (Å²) in [6.45, 7) is 1.67. The summed E-state index contributed by atoms with van der Waals surface area (Å²) in [4.78, 5) is 27.7. The number of ketones is 1. The van der Waals surface area contributed by atoms with E-state index in [0.29, 0.717) is 34.3 Å². The van der Waals surface area contributed by atoms with Gasteiger partial charge in [0.2, 0.25) is 0 Å². The number of methoxy groups -OCH3 is 4. The summed E-state index contributed by atoms with van der Waals surface area (Å²) >= 11 is 0. The van der Waals surface area contributed by atoms with Crippen molar-refractivity contribution in [1.82, 2.24) is 5.16 Å². The number of anilines is 1. The van der Waals surface area contributed by atoms with Crippen LogP contribution < -0.4 is 23.8 Å². The summed E-state index contributed by atoms with van der Waals surface area (Å²) in [5.74, 6) is 0.108. The number of carbonyl (C=O) groups excluding carboxylic acids is 2. The van der Waals surface area contributed by atoms with Crippen LogP contribution in [0.1, 0.15) is 22.9 Å². The SMILES string of the molecule is COc1ccc(C(O)=C2C(=O)C(=O)N(c3cc(C)on3)[C@H]2c2ccc(OC)c(OC)c2)cc1OC. The fourth-order valence-corrected chi connectivity index (χ4v) is 4.01. The van der Waals surface area contributed by atoms with Gasteiger partial charge in [-0.25, -0.2) is 0 Å². The van der Waals surface area contributed by atoms with Crippen molar-refractivity contribution >= 4 is 23.3 Å². The van der Waals surface area contributed by atoms with Crippen molar-refractivity contribution in [3.8, 4) is 23.0 Å². The Balaban J connectivity index is 1.96. The summed E-state index contributed by atoms with van der Waals surface area (Å²) in [6, 6.07) is 10.2. The minimum Gasteiger partial charge on any atom is -0.507 e. The molecule has 2 aromatic carbocycles. The van der Waals surface area contributed by atoms with Gasteiger partial charge in [0.25, 0.3) is 5.78 Å². The summed E-state index contributed by atoms with van der Waals surface area (Å²) in [6.07, 6.45) is 0. The minimum atomic E-state index is -1.02. The molecular formula is C25H24N2O8. The van der Waals surface area contributed by atoms with Gasteiger partial charge in [0.1, 0.15) is 11.5 Å². The number of nitrogens with zero attached hydrogens (tertiary/aromatic N) is 2. The highest BCUT2D eigenvalue weighted by molar-refractivity contribution is 6.51. The molecule has 0 radical (unpaired) electrons. The van der Waals surface area contributed by atoms with Gasteiger partial charge in [0.05, 0.1) is 40.1 Å². The fourth-order valence-electron chi connectivity index (χ4n) is 4.01. The van der Waals surface area contributed by atoms with Crippen molar-refractivity contribution in [2.75, 3.05) is 33.3 Å². The average Bonchev–Trinajstić information content (AvgIpc) is 3.42. The summed E-state index contributed by atoms with van der Waals surface area (Å²) in [5, 5.41) is 15.2. The Morgan fingerprint density at radius 3 is 2.06 bits per heavy atom. The number of Topliss-reactive ketones (excluding diaryl/α,β-unsaturated/α-hetero) is 1. The number of aromatic nitrogens is 1. The second-order valence-corrected chi connectivity index (χ2v) is 7.65. The lowest BCUT2D eigenvalue weighted by Gasteiger charge is -2.23. The molecule has 1 aliphatic rings. The zero-order chi connectivity index (χ0) is 25.3. The van der Waals surface area contributed by atoms with E-state index in [2.05, 4.69) is 5.16 Å². The minimum absolute atomic E-state index is 0.130. The van der Waals surface area contributed by atoms with Crippen molar-refractivity contribution in [3.05, 3.63) is 64.9 Å². The molecule has 10 heteroatoms. The lowest BCUT2D eigenvalue weighted by Crippen LogP contribution is -2.29. The number of rotatable bonds is 7. The van der Waals surface area contributed by atoms with Crippen LogP contribution in [0, 0.1) is 6.92 Å².